The van der Waals surface area contributed by atoms with Crippen LogP contribution in [0, 0.1) is 0 Å². The number of fused-ring (bicyclic) bond motifs is 1. The molecule has 2 fully saturated rings. The van der Waals surface area contributed by atoms with E-state index < -0.39 is 0 Å². The lowest BCUT2D eigenvalue weighted by molar-refractivity contribution is -0.0167. The normalized spacial score (nSPS) is 24.6. The number of hydrogen-bond acceptors (Lipinski definition) is 4. The van der Waals surface area contributed by atoms with Gasteiger partial charge < -0.3 is 10.1 Å². The molecule has 4 rings (SSSR count). The zero-order chi connectivity index (χ0) is 13.6. The second-order valence-corrected chi connectivity index (χ2v) is 6.46. The minimum Gasteiger partial charge on any atom is -0.370 e. The summed E-state index contributed by atoms with van der Waals surface area (Å²) in [6.45, 7) is 1.98. The smallest absolute Gasteiger partial charge is 0.160 e. The van der Waals surface area contributed by atoms with Crippen LogP contribution in [0.2, 0.25) is 0 Å². The SMILES string of the molecule is COC1(c2nc3c(c(C4CC4)n2)CNCC3)CCCC1. The Balaban J connectivity index is 1.81. The molecule has 0 aromatic carbocycles. The molecule has 0 spiro atoms. The van der Waals surface area contributed by atoms with E-state index in [2.05, 4.69) is 5.32 Å². The van der Waals surface area contributed by atoms with E-state index in [0.717, 1.165) is 38.2 Å². The summed E-state index contributed by atoms with van der Waals surface area (Å²) in [6.07, 6.45) is 8.23. The zero-order valence-electron chi connectivity index (χ0n) is 12.2. The molecule has 3 aliphatic rings. The van der Waals surface area contributed by atoms with Gasteiger partial charge in [-0.3, -0.25) is 0 Å². The van der Waals surface area contributed by atoms with Crippen LogP contribution in [-0.4, -0.2) is 23.6 Å². The van der Waals surface area contributed by atoms with Crippen molar-refractivity contribution in [1.82, 2.24) is 15.3 Å². The van der Waals surface area contributed by atoms with Gasteiger partial charge >= 0.3 is 0 Å². The summed E-state index contributed by atoms with van der Waals surface area (Å²) in [4.78, 5) is 9.93. The summed E-state index contributed by atoms with van der Waals surface area (Å²) in [5.41, 5.74) is 3.77. The van der Waals surface area contributed by atoms with Crippen molar-refractivity contribution < 1.29 is 4.74 Å². The van der Waals surface area contributed by atoms with Gasteiger partial charge in [0.2, 0.25) is 0 Å². The number of rotatable bonds is 3. The van der Waals surface area contributed by atoms with Crippen LogP contribution in [-0.2, 0) is 23.3 Å². The van der Waals surface area contributed by atoms with Crippen LogP contribution in [0.4, 0.5) is 0 Å². The van der Waals surface area contributed by atoms with Crippen LogP contribution < -0.4 is 5.32 Å². The minimum atomic E-state index is -0.205. The van der Waals surface area contributed by atoms with Gasteiger partial charge in [-0.2, -0.15) is 0 Å². The summed E-state index contributed by atoms with van der Waals surface area (Å²) in [5, 5.41) is 3.47. The molecule has 2 saturated carbocycles. The molecule has 0 radical (unpaired) electrons. The quantitative estimate of drug-likeness (QED) is 0.918. The lowest BCUT2D eigenvalue weighted by Gasteiger charge is -2.29. The van der Waals surface area contributed by atoms with E-state index in [-0.39, 0.29) is 5.60 Å². The van der Waals surface area contributed by atoms with Crippen LogP contribution in [0.1, 0.15) is 67.2 Å². The monoisotopic (exact) mass is 273 g/mol. The van der Waals surface area contributed by atoms with E-state index in [1.165, 1.54) is 42.6 Å². The number of hydrogen-bond donors (Lipinski definition) is 1. The van der Waals surface area contributed by atoms with Crippen molar-refractivity contribution in [2.45, 2.75) is 63.0 Å². The van der Waals surface area contributed by atoms with Crippen LogP contribution >= 0.6 is 0 Å². The van der Waals surface area contributed by atoms with Crippen molar-refractivity contribution in [3.8, 4) is 0 Å². The van der Waals surface area contributed by atoms with Crippen LogP contribution in [0.5, 0.6) is 0 Å². The first-order chi connectivity index (χ1) is 9.82. The van der Waals surface area contributed by atoms with Gasteiger partial charge in [-0.15, -0.1) is 0 Å². The first-order valence-corrected chi connectivity index (χ1v) is 7.98. The van der Waals surface area contributed by atoms with Crippen molar-refractivity contribution in [2.75, 3.05) is 13.7 Å². The Morgan fingerprint density at radius 1 is 1.20 bits per heavy atom. The van der Waals surface area contributed by atoms with Crippen LogP contribution in [0.25, 0.3) is 0 Å². The Morgan fingerprint density at radius 3 is 2.70 bits per heavy atom. The first-order valence-electron chi connectivity index (χ1n) is 7.98. The third-order valence-electron chi connectivity index (χ3n) is 5.14. The Kier molecular flexibility index (Phi) is 3.04. The highest BCUT2D eigenvalue weighted by molar-refractivity contribution is 5.34. The second-order valence-electron chi connectivity index (χ2n) is 6.46. The Bertz CT molecular complexity index is 519. The van der Waals surface area contributed by atoms with Crippen molar-refractivity contribution in [1.29, 1.82) is 0 Å². The third kappa shape index (κ3) is 1.97. The molecule has 0 atom stereocenters. The molecule has 1 aromatic heterocycles. The van der Waals surface area contributed by atoms with E-state index in [4.69, 9.17) is 14.7 Å². The van der Waals surface area contributed by atoms with E-state index in [1.807, 2.05) is 7.11 Å². The maximum Gasteiger partial charge on any atom is 0.160 e. The second kappa shape index (κ2) is 4.78. The number of ether oxygens (including phenoxy) is 1. The number of nitrogens with zero attached hydrogens (tertiary/aromatic N) is 2. The molecular weight excluding hydrogens is 250 g/mol. The Labute approximate surface area is 120 Å². The number of aromatic nitrogens is 2. The third-order valence-corrected chi connectivity index (χ3v) is 5.14. The van der Waals surface area contributed by atoms with E-state index in [1.54, 1.807) is 0 Å². The molecule has 1 N–H and O–H groups in total. The summed E-state index contributed by atoms with van der Waals surface area (Å²) in [7, 11) is 1.83. The maximum atomic E-state index is 5.89. The standard InChI is InChI=1S/C16H23N3O/c1-20-16(7-2-3-8-16)15-18-13-6-9-17-10-12(13)14(19-15)11-4-5-11/h11,17H,2-10H2,1H3. The summed E-state index contributed by atoms with van der Waals surface area (Å²) >= 11 is 0. The molecule has 2 heterocycles. The summed E-state index contributed by atoms with van der Waals surface area (Å²) in [6, 6.07) is 0. The molecule has 1 aromatic rings. The average molecular weight is 273 g/mol. The zero-order valence-corrected chi connectivity index (χ0v) is 12.2. The molecule has 20 heavy (non-hydrogen) atoms. The highest BCUT2D eigenvalue weighted by atomic mass is 16.5. The molecule has 4 nitrogen and oxygen atoms in total. The van der Waals surface area contributed by atoms with Crippen LogP contribution in [0.15, 0.2) is 0 Å². The fraction of sp³-hybridized carbons (Fsp3) is 0.750. The fourth-order valence-electron chi connectivity index (χ4n) is 3.73. The molecule has 0 bridgehead atoms. The lowest BCUT2D eigenvalue weighted by Crippen LogP contribution is -2.32. The molecule has 0 saturated heterocycles. The first kappa shape index (κ1) is 12.7. The molecule has 108 valence electrons. The topological polar surface area (TPSA) is 47.0 Å². The molecular formula is C16H23N3O. The van der Waals surface area contributed by atoms with Gasteiger partial charge in [0.15, 0.2) is 5.82 Å². The summed E-state index contributed by atoms with van der Waals surface area (Å²) < 4.78 is 5.89. The van der Waals surface area contributed by atoms with Crippen molar-refractivity contribution in [3.63, 3.8) is 0 Å². The van der Waals surface area contributed by atoms with Gasteiger partial charge in [-0.05, 0) is 38.5 Å². The predicted octanol–water partition coefficient (Wildman–Crippen LogP) is 2.42. The van der Waals surface area contributed by atoms with Gasteiger partial charge in [-0.1, -0.05) is 0 Å². The maximum absolute atomic E-state index is 5.89. The molecule has 0 unspecified atom stereocenters. The lowest BCUT2D eigenvalue weighted by atomic mass is 9.97. The molecule has 0 amide bonds. The molecule has 2 aliphatic carbocycles. The summed E-state index contributed by atoms with van der Waals surface area (Å²) in [5.74, 6) is 1.65. The van der Waals surface area contributed by atoms with E-state index >= 15 is 0 Å². The molecule has 4 heteroatoms. The fourth-order valence-corrected chi connectivity index (χ4v) is 3.73. The van der Waals surface area contributed by atoms with Gasteiger partial charge in [0.05, 0.1) is 11.4 Å². The highest BCUT2D eigenvalue weighted by Gasteiger charge is 2.41. The van der Waals surface area contributed by atoms with Gasteiger partial charge in [0.25, 0.3) is 0 Å². The molecule has 1 aliphatic heterocycles. The Hall–Kier alpha value is -1.00. The number of nitrogens with one attached hydrogen (secondary N) is 1. The van der Waals surface area contributed by atoms with E-state index in [0.29, 0.717) is 5.92 Å². The largest absolute Gasteiger partial charge is 0.370 e. The van der Waals surface area contributed by atoms with Crippen molar-refractivity contribution in [2.24, 2.45) is 0 Å². The van der Waals surface area contributed by atoms with Crippen molar-refractivity contribution in [3.05, 3.63) is 22.8 Å². The Morgan fingerprint density at radius 2 is 2.00 bits per heavy atom. The van der Waals surface area contributed by atoms with Crippen LogP contribution in [0.3, 0.4) is 0 Å². The van der Waals surface area contributed by atoms with Gasteiger partial charge in [-0.25, -0.2) is 9.97 Å². The predicted molar refractivity (Wildman–Crippen MR) is 76.6 cm³/mol. The van der Waals surface area contributed by atoms with E-state index in [9.17, 15) is 0 Å². The average Bonchev–Trinajstić information content (AvgIpc) is 3.23. The highest BCUT2D eigenvalue weighted by Crippen LogP contribution is 2.45. The van der Waals surface area contributed by atoms with Gasteiger partial charge in [0.1, 0.15) is 5.60 Å². The van der Waals surface area contributed by atoms with Gasteiger partial charge in [0, 0.05) is 38.1 Å². The minimum absolute atomic E-state index is 0.205. The van der Waals surface area contributed by atoms with Crippen molar-refractivity contribution >= 4 is 0 Å². The number of methoxy groups -OCH3 is 1.